The van der Waals surface area contributed by atoms with E-state index in [1.165, 1.54) is 0 Å². The van der Waals surface area contributed by atoms with Crippen LogP contribution in [0.1, 0.15) is 13.8 Å². The smallest absolute Gasteiger partial charge is 0.149 e. The highest BCUT2D eigenvalue weighted by Crippen LogP contribution is 1.96. The van der Waals surface area contributed by atoms with E-state index in [1.807, 2.05) is 0 Å². The van der Waals surface area contributed by atoms with Gasteiger partial charge in [0.15, 0.2) is 0 Å². The van der Waals surface area contributed by atoms with Crippen LogP contribution < -0.4 is 0 Å². The molecule has 0 fully saturated rings. The van der Waals surface area contributed by atoms with Crippen molar-refractivity contribution in [2.45, 2.75) is 19.6 Å². The van der Waals surface area contributed by atoms with E-state index in [1.54, 1.807) is 13.8 Å². The van der Waals surface area contributed by atoms with E-state index in [0.717, 1.165) is 0 Å². The quantitative estimate of drug-likeness (QED) is 0.343. The van der Waals surface area contributed by atoms with Crippen LogP contribution in [0.15, 0.2) is 0 Å². The monoisotopic (exact) mass is 106 g/mol. The van der Waals surface area contributed by atoms with Crippen molar-refractivity contribution in [3.05, 3.63) is 0 Å². The highest BCUT2D eigenvalue weighted by atomic mass is 28.2. The summed E-state index contributed by atoms with van der Waals surface area (Å²) in [4.78, 5) is 0. The fraction of sp³-hybridized carbons (Fsp3) is 1.00. The molecule has 2 nitrogen and oxygen atoms in total. The van der Waals surface area contributed by atoms with Crippen LogP contribution in [0.5, 0.6) is 0 Å². The van der Waals surface area contributed by atoms with Gasteiger partial charge in [-0.3, -0.25) is 0 Å². The number of aliphatic hydroxyl groups is 1. The van der Waals surface area contributed by atoms with Crippen LogP contribution >= 0.6 is 0 Å². The Morgan fingerprint density at radius 1 is 1.67 bits per heavy atom. The summed E-state index contributed by atoms with van der Waals surface area (Å²) < 4.78 is 4.63. The van der Waals surface area contributed by atoms with Gasteiger partial charge in [0, 0.05) is 0 Å². The van der Waals surface area contributed by atoms with Crippen LogP contribution in [0.4, 0.5) is 0 Å². The second kappa shape index (κ2) is 1.73. The van der Waals surface area contributed by atoms with Crippen molar-refractivity contribution in [2.75, 3.05) is 0 Å². The van der Waals surface area contributed by atoms with Crippen molar-refractivity contribution >= 4 is 10.5 Å². The normalized spacial score (nSPS) is 12.5. The van der Waals surface area contributed by atoms with Gasteiger partial charge in [0.1, 0.15) is 16.3 Å². The molecular formula is C3H10O2Si. The average Bonchev–Trinajstić information content (AvgIpc) is 1.35. The van der Waals surface area contributed by atoms with Crippen LogP contribution in [0.25, 0.3) is 0 Å². The van der Waals surface area contributed by atoms with Gasteiger partial charge in [0.05, 0.1) is 0 Å². The molecule has 0 radical (unpaired) electrons. The third-order valence-corrected chi connectivity index (χ3v) is 1.50. The molecule has 0 aliphatic heterocycles. The molecule has 0 aliphatic rings. The molecular weight excluding hydrogens is 96.1 g/mol. The van der Waals surface area contributed by atoms with Crippen LogP contribution in [0.2, 0.25) is 0 Å². The summed E-state index contributed by atoms with van der Waals surface area (Å²) >= 11 is 0. The van der Waals surface area contributed by atoms with Crippen LogP contribution in [0, 0.1) is 0 Å². The standard InChI is InChI=1S/C3H10O2Si/c1-3(2,4)5-6/h4H,1-2,6H3. The Bertz CT molecular complexity index is 38.5. The molecule has 0 aliphatic carbocycles. The van der Waals surface area contributed by atoms with E-state index in [-0.39, 0.29) is 0 Å². The minimum Gasteiger partial charge on any atom is -0.402 e. The highest BCUT2D eigenvalue weighted by Gasteiger charge is 2.05. The van der Waals surface area contributed by atoms with E-state index in [9.17, 15) is 0 Å². The maximum absolute atomic E-state index is 8.64. The molecule has 0 aromatic heterocycles. The van der Waals surface area contributed by atoms with Gasteiger partial charge in [-0.1, -0.05) is 0 Å². The molecule has 1 N–H and O–H groups in total. The molecule has 0 aromatic rings. The van der Waals surface area contributed by atoms with Crippen molar-refractivity contribution in [1.29, 1.82) is 0 Å². The SMILES string of the molecule is CC(C)(O)O[SiH3]. The lowest BCUT2D eigenvalue weighted by Gasteiger charge is -2.13. The maximum atomic E-state index is 8.64. The predicted molar refractivity (Wildman–Crippen MR) is 27.3 cm³/mol. The molecule has 0 saturated heterocycles. The van der Waals surface area contributed by atoms with E-state index in [4.69, 9.17) is 5.11 Å². The zero-order chi connectivity index (χ0) is 5.21. The van der Waals surface area contributed by atoms with Gasteiger partial charge in [0.25, 0.3) is 0 Å². The molecule has 38 valence electrons. The Labute approximate surface area is 40.7 Å². The van der Waals surface area contributed by atoms with Crippen molar-refractivity contribution in [2.24, 2.45) is 0 Å². The summed E-state index contributed by atoms with van der Waals surface area (Å²) in [6.45, 7) is 3.22. The first-order valence-electron chi connectivity index (χ1n) is 1.84. The summed E-state index contributed by atoms with van der Waals surface area (Å²) in [5.74, 6) is -0.897. The molecule has 0 saturated carbocycles. The molecule has 0 amide bonds. The van der Waals surface area contributed by atoms with E-state index in [0.29, 0.717) is 10.5 Å². The molecule has 0 rings (SSSR count). The molecule has 0 unspecified atom stereocenters. The van der Waals surface area contributed by atoms with Gasteiger partial charge < -0.3 is 9.53 Å². The van der Waals surface area contributed by atoms with Gasteiger partial charge in [0.2, 0.25) is 0 Å². The van der Waals surface area contributed by atoms with Crippen molar-refractivity contribution < 1.29 is 9.53 Å². The molecule has 3 heteroatoms. The van der Waals surface area contributed by atoms with Crippen molar-refractivity contribution in [3.8, 4) is 0 Å². The van der Waals surface area contributed by atoms with Crippen LogP contribution in [-0.2, 0) is 4.43 Å². The lowest BCUT2D eigenvalue weighted by Crippen LogP contribution is -2.21. The summed E-state index contributed by atoms with van der Waals surface area (Å²) in [6.07, 6.45) is 0. The van der Waals surface area contributed by atoms with E-state index in [2.05, 4.69) is 4.43 Å². The Morgan fingerprint density at radius 3 is 1.83 bits per heavy atom. The van der Waals surface area contributed by atoms with E-state index < -0.39 is 5.79 Å². The third-order valence-electron chi connectivity index (χ3n) is 0.500. The zero-order valence-corrected chi connectivity index (χ0v) is 6.36. The number of rotatable bonds is 1. The molecule has 6 heavy (non-hydrogen) atoms. The van der Waals surface area contributed by atoms with Gasteiger partial charge in [-0.15, -0.1) is 0 Å². The van der Waals surface area contributed by atoms with Crippen LogP contribution in [-0.4, -0.2) is 21.4 Å². The Morgan fingerprint density at radius 2 is 1.83 bits per heavy atom. The zero-order valence-electron chi connectivity index (χ0n) is 4.36. The summed E-state index contributed by atoms with van der Waals surface area (Å²) in [7, 11) is 0.598. The second-order valence-electron chi connectivity index (χ2n) is 1.65. The summed E-state index contributed by atoms with van der Waals surface area (Å²) in [6, 6.07) is 0. The molecule has 0 aromatic carbocycles. The van der Waals surface area contributed by atoms with Gasteiger partial charge in [-0.05, 0) is 13.8 Å². The fourth-order valence-electron chi connectivity index (χ4n) is 0. The summed E-state index contributed by atoms with van der Waals surface area (Å²) in [5, 5.41) is 8.64. The minimum absolute atomic E-state index is 0.598. The lowest BCUT2D eigenvalue weighted by atomic mass is 10.4. The molecule has 0 atom stereocenters. The summed E-state index contributed by atoms with van der Waals surface area (Å²) in [5.41, 5.74) is 0. The molecule has 0 heterocycles. The maximum Gasteiger partial charge on any atom is 0.149 e. The first kappa shape index (κ1) is 6.14. The highest BCUT2D eigenvalue weighted by molar-refractivity contribution is 5.98. The second-order valence-corrected chi connectivity index (χ2v) is 2.06. The Kier molecular flexibility index (Phi) is 1.77. The first-order chi connectivity index (χ1) is 2.56. The average molecular weight is 106 g/mol. The Balaban J connectivity index is 3.17. The molecule has 0 bridgehead atoms. The number of hydrogen-bond donors (Lipinski definition) is 1. The van der Waals surface area contributed by atoms with Crippen LogP contribution in [0.3, 0.4) is 0 Å². The van der Waals surface area contributed by atoms with E-state index >= 15 is 0 Å². The lowest BCUT2D eigenvalue weighted by molar-refractivity contribution is -0.100. The minimum atomic E-state index is -0.897. The predicted octanol–water partition coefficient (Wildman–Crippen LogP) is -0.988. The Hall–Kier alpha value is 0.137. The van der Waals surface area contributed by atoms with Gasteiger partial charge in [-0.2, -0.15) is 0 Å². The fourth-order valence-corrected chi connectivity index (χ4v) is 0. The topological polar surface area (TPSA) is 29.5 Å². The number of hydrogen-bond acceptors (Lipinski definition) is 2. The third kappa shape index (κ3) is 4.14. The molecule has 0 spiro atoms. The first-order valence-corrected chi connectivity index (χ1v) is 2.65. The van der Waals surface area contributed by atoms with Gasteiger partial charge in [-0.25, -0.2) is 0 Å². The van der Waals surface area contributed by atoms with Crippen molar-refractivity contribution in [3.63, 3.8) is 0 Å². The largest absolute Gasteiger partial charge is 0.402 e. The van der Waals surface area contributed by atoms with Gasteiger partial charge >= 0.3 is 0 Å². The van der Waals surface area contributed by atoms with Crippen molar-refractivity contribution in [1.82, 2.24) is 0 Å².